The number of ether oxygens (including phenoxy) is 1. The predicted molar refractivity (Wildman–Crippen MR) is 97.6 cm³/mol. The minimum Gasteiger partial charge on any atom is -0.505 e. The molecule has 1 atom stereocenters. The standard InChI is InChI=1S/C19H25N3O3/c1-13-19(24)17(15(12-23)9-21-13)10-20-11-18(22(2)3)14-6-5-7-16(8-14)25-4/h5-10,18,23-24H,11-12H2,1-4H3/p+1/t18-/m0/s1. The maximum atomic E-state index is 10.2. The average Bonchev–Trinajstić information content (AvgIpc) is 2.61. The largest absolute Gasteiger partial charge is 0.505 e. The summed E-state index contributed by atoms with van der Waals surface area (Å²) >= 11 is 0. The van der Waals surface area contributed by atoms with Gasteiger partial charge in [0.05, 0.1) is 40.1 Å². The van der Waals surface area contributed by atoms with Crippen LogP contribution in [0.4, 0.5) is 0 Å². The molecule has 0 amide bonds. The number of aliphatic imine (C=N–C) groups is 1. The van der Waals surface area contributed by atoms with Crippen molar-refractivity contribution in [3.05, 3.63) is 52.8 Å². The first kappa shape index (κ1) is 18.9. The van der Waals surface area contributed by atoms with Gasteiger partial charge in [-0.15, -0.1) is 0 Å². The Balaban J connectivity index is 2.25. The highest BCUT2D eigenvalue weighted by Crippen LogP contribution is 2.22. The van der Waals surface area contributed by atoms with Crippen molar-refractivity contribution in [3.63, 3.8) is 0 Å². The van der Waals surface area contributed by atoms with E-state index in [1.165, 1.54) is 4.90 Å². The number of likely N-dealkylation sites (N-methyl/N-ethyl adjacent to an activating group) is 1. The van der Waals surface area contributed by atoms with Crippen LogP contribution in [0.3, 0.4) is 0 Å². The molecule has 0 spiro atoms. The summed E-state index contributed by atoms with van der Waals surface area (Å²) in [4.78, 5) is 9.82. The fourth-order valence-corrected chi connectivity index (χ4v) is 2.65. The van der Waals surface area contributed by atoms with Gasteiger partial charge >= 0.3 is 0 Å². The molecule has 2 rings (SSSR count). The quantitative estimate of drug-likeness (QED) is 0.652. The fourth-order valence-electron chi connectivity index (χ4n) is 2.65. The van der Waals surface area contributed by atoms with E-state index in [0.717, 1.165) is 11.3 Å². The Hall–Kier alpha value is -2.44. The van der Waals surface area contributed by atoms with Crippen LogP contribution in [0.5, 0.6) is 11.5 Å². The highest BCUT2D eigenvalue weighted by atomic mass is 16.5. The number of nitrogens with zero attached hydrogens (tertiary/aromatic N) is 2. The van der Waals surface area contributed by atoms with Crippen molar-refractivity contribution in [1.82, 2.24) is 4.98 Å². The molecule has 134 valence electrons. The lowest BCUT2D eigenvalue weighted by molar-refractivity contribution is -0.890. The molecule has 0 saturated carbocycles. The molecule has 0 unspecified atom stereocenters. The predicted octanol–water partition coefficient (Wildman–Crippen LogP) is 0.901. The number of benzene rings is 1. The van der Waals surface area contributed by atoms with Gasteiger partial charge in [-0.3, -0.25) is 9.98 Å². The average molecular weight is 344 g/mol. The molecule has 1 heterocycles. The van der Waals surface area contributed by atoms with Crippen molar-refractivity contribution >= 4 is 6.21 Å². The molecule has 0 aliphatic rings. The lowest BCUT2D eigenvalue weighted by atomic mass is 10.1. The van der Waals surface area contributed by atoms with E-state index in [4.69, 9.17) is 4.74 Å². The second-order valence-corrected chi connectivity index (χ2v) is 6.19. The number of aliphatic hydroxyl groups is 1. The molecule has 0 aliphatic carbocycles. The summed E-state index contributed by atoms with van der Waals surface area (Å²) in [5.74, 6) is 0.878. The molecule has 2 aromatic rings. The molecule has 0 radical (unpaired) electrons. The van der Waals surface area contributed by atoms with Gasteiger partial charge < -0.3 is 19.8 Å². The number of aromatic nitrogens is 1. The van der Waals surface area contributed by atoms with Crippen LogP contribution in [0.1, 0.15) is 28.4 Å². The van der Waals surface area contributed by atoms with Gasteiger partial charge in [-0.1, -0.05) is 12.1 Å². The number of nitrogens with one attached hydrogen (secondary N) is 1. The van der Waals surface area contributed by atoms with Gasteiger partial charge in [0.2, 0.25) is 0 Å². The normalized spacial score (nSPS) is 12.7. The number of methoxy groups -OCH3 is 1. The monoisotopic (exact) mass is 344 g/mol. The molecule has 0 fully saturated rings. The van der Waals surface area contributed by atoms with Gasteiger partial charge in [-0.25, -0.2) is 0 Å². The van der Waals surface area contributed by atoms with Crippen molar-refractivity contribution in [1.29, 1.82) is 0 Å². The van der Waals surface area contributed by atoms with Crippen LogP contribution >= 0.6 is 0 Å². The lowest BCUT2D eigenvalue weighted by Gasteiger charge is -2.20. The molecular weight excluding hydrogens is 318 g/mol. The second-order valence-electron chi connectivity index (χ2n) is 6.19. The molecular formula is C19H26N3O3+. The topological polar surface area (TPSA) is 79.4 Å². The molecule has 25 heavy (non-hydrogen) atoms. The van der Waals surface area contributed by atoms with E-state index in [1.807, 2.05) is 18.2 Å². The van der Waals surface area contributed by atoms with Crippen LogP contribution in [0, 0.1) is 6.92 Å². The molecule has 0 saturated heterocycles. The van der Waals surface area contributed by atoms with Crippen molar-refractivity contribution in [3.8, 4) is 11.5 Å². The SMILES string of the molecule is COc1cccc([C@H](CN=Cc2c(CO)cnc(C)c2O)[NH+](C)C)c1. The van der Waals surface area contributed by atoms with Crippen molar-refractivity contribution in [2.45, 2.75) is 19.6 Å². The maximum Gasteiger partial charge on any atom is 0.145 e. The summed E-state index contributed by atoms with van der Waals surface area (Å²) in [6.07, 6.45) is 3.18. The first-order valence-electron chi connectivity index (χ1n) is 8.20. The first-order valence-corrected chi connectivity index (χ1v) is 8.20. The van der Waals surface area contributed by atoms with Crippen LogP contribution in [0.2, 0.25) is 0 Å². The first-order chi connectivity index (χ1) is 12.0. The zero-order chi connectivity index (χ0) is 18.4. The molecule has 0 aliphatic heterocycles. The number of rotatable bonds is 7. The zero-order valence-corrected chi connectivity index (χ0v) is 15.2. The van der Waals surface area contributed by atoms with Crippen molar-refractivity contribution in [2.75, 3.05) is 27.7 Å². The second kappa shape index (κ2) is 8.60. The number of aliphatic hydroxyl groups excluding tert-OH is 1. The van der Waals surface area contributed by atoms with Crippen molar-refractivity contribution < 1.29 is 19.8 Å². The Morgan fingerprint density at radius 2 is 2.12 bits per heavy atom. The van der Waals surface area contributed by atoms with Gasteiger partial charge in [0.1, 0.15) is 17.5 Å². The summed E-state index contributed by atoms with van der Waals surface area (Å²) in [6.45, 7) is 2.07. The molecule has 1 aromatic heterocycles. The Bertz CT molecular complexity index is 745. The van der Waals surface area contributed by atoms with Crippen LogP contribution in [0.15, 0.2) is 35.5 Å². The van der Waals surface area contributed by atoms with Crippen LogP contribution < -0.4 is 9.64 Å². The van der Waals surface area contributed by atoms with E-state index in [2.05, 4.69) is 30.1 Å². The Morgan fingerprint density at radius 3 is 2.76 bits per heavy atom. The van der Waals surface area contributed by atoms with E-state index < -0.39 is 0 Å². The van der Waals surface area contributed by atoms with E-state index in [0.29, 0.717) is 23.4 Å². The maximum absolute atomic E-state index is 10.2. The minimum atomic E-state index is -0.194. The third kappa shape index (κ3) is 4.55. The fraction of sp³-hybridized carbons (Fsp3) is 0.368. The number of hydrogen-bond donors (Lipinski definition) is 3. The third-order valence-corrected chi connectivity index (χ3v) is 4.23. The number of aromatic hydroxyl groups is 1. The van der Waals surface area contributed by atoms with E-state index in [1.54, 1.807) is 26.4 Å². The van der Waals surface area contributed by atoms with Gasteiger partial charge in [0.25, 0.3) is 0 Å². The van der Waals surface area contributed by atoms with E-state index in [-0.39, 0.29) is 18.4 Å². The zero-order valence-electron chi connectivity index (χ0n) is 15.2. The number of pyridine rings is 1. The summed E-state index contributed by atoms with van der Waals surface area (Å²) < 4.78 is 5.30. The molecule has 3 N–H and O–H groups in total. The third-order valence-electron chi connectivity index (χ3n) is 4.23. The number of quaternary nitrogens is 1. The summed E-state index contributed by atoms with van der Waals surface area (Å²) in [5.41, 5.74) is 2.73. The molecule has 6 heteroatoms. The Labute approximate surface area is 148 Å². The molecule has 0 bridgehead atoms. The van der Waals surface area contributed by atoms with Gasteiger partial charge in [0, 0.05) is 29.1 Å². The summed E-state index contributed by atoms with van der Waals surface area (Å²) in [6, 6.07) is 8.10. The highest BCUT2D eigenvalue weighted by molar-refractivity contribution is 5.85. The van der Waals surface area contributed by atoms with Crippen LogP contribution in [-0.2, 0) is 6.61 Å². The highest BCUT2D eigenvalue weighted by Gasteiger charge is 2.18. The van der Waals surface area contributed by atoms with E-state index in [9.17, 15) is 10.2 Å². The van der Waals surface area contributed by atoms with E-state index >= 15 is 0 Å². The van der Waals surface area contributed by atoms with Crippen LogP contribution in [0.25, 0.3) is 0 Å². The molecule has 6 nitrogen and oxygen atoms in total. The Morgan fingerprint density at radius 1 is 1.36 bits per heavy atom. The van der Waals surface area contributed by atoms with Crippen LogP contribution in [-0.4, -0.2) is 49.2 Å². The van der Waals surface area contributed by atoms with Gasteiger partial charge in [-0.2, -0.15) is 0 Å². The van der Waals surface area contributed by atoms with Crippen molar-refractivity contribution in [2.24, 2.45) is 4.99 Å². The minimum absolute atomic E-state index is 0.0606. The summed E-state index contributed by atoms with van der Waals surface area (Å²) in [5, 5.41) is 19.6. The van der Waals surface area contributed by atoms with Gasteiger partial charge in [-0.05, 0) is 19.1 Å². The molecule has 1 aromatic carbocycles. The summed E-state index contributed by atoms with van der Waals surface area (Å²) in [7, 11) is 5.81. The lowest BCUT2D eigenvalue weighted by Crippen LogP contribution is -3.06. The van der Waals surface area contributed by atoms with Gasteiger partial charge in [0.15, 0.2) is 0 Å². The number of hydrogen-bond acceptors (Lipinski definition) is 5. The smallest absolute Gasteiger partial charge is 0.145 e. The Kier molecular flexibility index (Phi) is 6.50. The number of aryl methyl sites for hydroxylation is 1.